The van der Waals surface area contributed by atoms with E-state index in [-0.39, 0.29) is 12.1 Å². The van der Waals surface area contributed by atoms with Gasteiger partial charge in [0.25, 0.3) is 0 Å². The summed E-state index contributed by atoms with van der Waals surface area (Å²) in [6.45, 7) is 8.78. The molecule has 0 radical (unpaired) electrons. The Morgan fingerprint density at radius 3 is 2.80 bits per heavy atom. The van der Waals surface area contributed by atoms with E-state index in [0.29, 0.717) is 12.1 Å². The molecule has 0 aromatic carbocycles. The number of hydrogen-bond acceptors (Lipinski definition) is 4. The van der Waals surface area contributed by atoms with E-state index in [2.05, 4.69) is 24.1 Å². The number of aliphatic hydroxyl groups excluding tert-OH is 1. The molecule has 4 heteroatoms. The summed E-state index contributed by atoms with van der Waals surface area (Å²) in [6, 6.07) is 0.598. The molecule has 0 spiro atoms. The van der Waals surface area contributed by atoms with Gasteiger partial charge in [0.1, 0.15) is 0 Å². The molecule has 0 aromatic heterocycles. The van der Waals surface area contributed by atoms with Crippen LogP contribution in [0.1, 0.15) is 52.4 Å². The molecule has 3 atom stereocenters. The Labute approximate surface area is 123 Å². The Kier molecular flexibility index (Phi) is 6.27. The van der Waals surface area contributed by atoms with Gasteiger partial charge in [-0.15, -0.1) is 0 Å². The van der Waals surface area contributed by atoms with E-state index in [1.807, 2.05) is 0 Å². The maximum atomic E-state index is 9.79. The Morgan fingerprint density at radius 2 is 2.20 bits per heavy atom. The summed E-state index contributed by atoms with van der Waals surface area (Å²) in [5, 5.41) is 13.4. The standard InChI is InChI=1S/C16H32N2O2/c1-3-9-17-16(13-19)8-7-14(11-16)18(4-2)12-15-6-5-10-20-15/h14-15,17,19H,3-13H2,1-2H3. The van der Waals surface area contributed by atoms with Gasteiger partial charge in [-0.3, -0.25) is 4.90 Å². The molecule has 1 saturated carbocycles. The zero-order valence-corrected chi connectivity index (χ0v) is 13.2. The Morgan fingerprint density at radius 1 is 1.35 bits per heavy atom. The van der Waals surface area contributed by atoms with E-state index in [4.69, 9.17) is 4.74 Å². The summed E-state index contributed by atoms with van der Waals surface area (Å²) in [7, 11) is 0. The van der Waals surface area contributed by atoms with Crippen LogP contribution in [0.15, 0.2) is 0 Å². The van der Waals surface area contributed by atoms with Gasteiger partial charge in [-0.25, -0.2) is 0 Å². The third-order valence-electron chi connectivity index (χ3n) is 5.02. The van der Waals surface area contributed by atoms with Gasteiger partial charge in [0, 0.05) is 24.7 Å². The van der Waals surface area contributed by atoms with Gasteiger partial charge < -0.3 is 15.2 Å². The minimum absolute atomic E-state index is 0.0371. The summed E-state index contributed by atoms with van der Waals surface area (Å²) in [5.74, 6) is 0. The molecule has 0 amide bonds. The third-order valence-corrected chi connectivity index (χ3v) is 5.02. The van der Waals surface area contributed by atoms with Crippen LogP contribution in [0.25, 0.3) is 0 Å². The predicted octanol–water partition coefficient (Wildman–Crippen LogP) is 1.77. The highest BCUT2D eigenvalue weighted by molar-refractivity contribution is 4.99. The highest BCUT2D eigenvalue weighted by Crippen LogP contribution is 2.33. The lowest BCUT2D eigenvalue weighted by atomic mass is 9.98. The monoisotopic (exact) mass is 284 g/mol. The molecule has 118 valence electrons. The third kappa shape index (κ3) is 3.94. The van der Waals surface area contributed by atoms with Crippen LogP contribution >= 0.6 is 0 Å². The number of ether oxygens (including phenoxy) is 1. The minimum Gasteiger partial charge on any atom is -0.394 e. The van der Waals surface area contributed by atoms with E-state index >= 15 is 0 Å². The number of nitrogens with one attached hydrogen (secondary N) is 1. The van der Waals surface area contributed by atoms with Gasteiger partial charge in [-0.2, -0.15) is 0 Å². The lowest BCUT2D eigenvalue weighted by Gasteiger charge is -2.33. The Balaban J connectivity index is 1.87. The molecule has 1 aliphatic heterocycles. The average Bonchev–Trinajstić information content (AvgIpc) is 3.13. The van der Waals surface area contributed by atoms with Crippen molar-refractivity contribution in [3.8, 4) is 0 Å². The summed E-state index contributed by atoms with van der Waals surface area (Å²) < 4.78 is 5.78. The lowest BCUT2D eigenvalue weighted by molar-refractivity contribution is 0.0567. The van der Waals surface area contributed by atoms with Crippen molar-refractivity contribution in [2.45, 2.75) is 70.1 Å². The summed E-state index contributed by atoms with van der Waals surface area (Å²) in [6.07, 6.45) is 7.34. The van der Waals surface area contributed by atoms with E-state index in [0.717, 1.165) is 45.5 Å². The highest BCUT2D eigenvalue weighted by Gasteiger charge is 2.40. The fourth-order valence-corrected chi connectivity index (χ4v) is 3.75. The number of rotatable bonds is 8. The fraction of sp³-hybridized carbons (Fsp3) is 1.00. The van der Waals surface area contributed by atoms with Crippen molar-refractivity contribution in [3.63, 3.8) is 0 Å². The van der Waals surface area contributed by atoms with E-state index in [9.17, 15) is 5.11 Å². The van der Waals surface area contributed by atoms with Crippen molar-refractivity contribution < 1.29 is 9.84 Å². The van der Waals surface area contributed by atoms with Crippen molar-refractivity contribution >= 4 is 0 Å². The van der Waals surface area contributed by atoms with Crippen molar-refractivity contribution in [2.24, 2.45) is 0 Å². The smallest absolute Gasteiger partial charge is 0.0702 e. The average molecular weight is 284 g/mol. The van der Waals surface area contributed by atoms with Crippen LogP contribution in [0.2, 0.25) is 0 Å². The van der Waals surface area contributed by atoms with Crippen LogP contribution in [-0.2, 0) is 4.74 Å². The first-order valence-corrected chi connectivity index (χ1v) is 8.44. The molecule has 2 fully saturated rings. The largest absolute Gasteiger partial charge is 0.394 e. The second kappa shape index (κ2) is 7.74. The van der Waals surface area contributed by atoms with E-state index < -0.39 is 0 Å². The number of likely N-dealkylation sites (N-methyl/N-ethyl adjacent to an activating group) is 1. The van der Waals surface area contributed by atoms with Crippen molar-refractivity contribution in [1.29, 1.82) is 0 Å². The highest BCUT2D eigenvalue weighted by atomic mass is 16.5. The van der Waals surface area contributed by atoms with Crippen LogP contribution in [0.3, 0.4) is 0 Å². The summed E-state index contributed by atoms with van der Waals surface area (Å²) in [4.78, 5) is 2.57. The first-order valence-electron chi connectivity index (χ1n) is 8.44. The molecule has 0 bridgehead atoms. The molecule has 20 heavy (non-hydrogen) atoms. The van der Waals surface area contributed by atoms with Crippen molar-refractivity contribution in [1.82, 2.24) is 10.2 Å². The Hall–Kier alpha value is -0.160. The molecule has 3 unspecified atom stereocenters. The summed E-state index contributed by atoms with van der Waals surface area (Å²) in [5.41, 5.74) is -0.0371. The van der Waals surface area contributed by atoms with Crippen LogP contribution < -0.4 is 5.32 Å². The van der Waals surface area contributed by atoms with Gasteiger partial charge in [0.2, 0.25) is 0 Å². The van der Waals surface area contributed by atoms with E-state index in [1.165, 1.54) is 19.3 Å². The van der Waals surface area contributed by atoms with Gasteiger partial charge in [-0.1, -0.05) is 13.8 Å². The van der Waals surface area contributed by atoms with Crippen molar-refractivity contribution in [2.75, 3.05) is 32.8 Å². The van der Waals surface area contributed by atoms with Crippen LogP contribution in [-0.4, -0.2) is 60.5 Å². The number of hydrogen-bond donors (Lipinski definition) is 2. The lowest BCUT2D eigenvalue weighted by Crippen LogP contribution is -2.48. The number of aliphatic hydroxyl groups is 1. The normalized spacial score (nSPS) is 34.2. The maximum Gasteiger partial charge on any atom is 0.0702 e. The first-order chi connectivity index (χ1) is 9.73. The van der Waals surface area contributed by atoms with Crippen LogP contribution in [0, 0.1) is 0 Å². The quantitative estimate of drug-likeness (QED) is 0.713. The SMILES string of the molecule is CCCNC1(CO)CCC(N(CC)CC2CCCO2)C1. The zero-order chi connectivity index (χ0) is 14.4. The molecular weight excluding hydrogens is 252 g/mol. The molecule has 1 saturated heterocycles. The first kappa shape index (κ1) is 16.2. The summed E-state index contributed by atoms with van der Waals surface area (Å²) >= 11 is 0. The topological polar surface area (TPSA) is 44.7 Å². The molecule has 2 N–H and O–H groups in total. The number of nitrogens with zero attached hydrogens (tertiary/aromatic N) is 1. The maximum absolute atomic E-state index is 9.79. The fourth-order valence-electron chi connectivity index (χ4n) is 3.75. The molecule has 0 aromatic rings. The predicted molar refractivity (Wildman–Crippen MR) is 82.0 cm³/mol. The minimum atomic E-state index is -0.0371. The molecule has 4 nitrogen and oxygen atoms in total. The molecular formula is C16H32N2O2. The second-order valence-electron chi connectivity index (χ2n) is 6.48. The molecule has 1 aliphatic carbocycles. The molecule has 2 aliphatic rings. The van der Waals surface area contributed by atoms with Crippen LogP contribution in [0.5, 0.6) is 0 Å². The van der Waals surface area contributed by atoms with Gasteiger partial charge in [-0.05, 0) is 51.6 Å². The van der Waals surface area contributed by atoms with Gasteiger partial charge in [0.15, 0.2) is 0 Å². The van der Waals surface area contributed by atoms with Gasteiger partial charge >= 0.3 is 0 Å². The second-order valence-corrected chi connectivity index (χ2v) is 6.48. The molecule has 2 rings (SSSR count). The zero-order valence-electron chi connectivity index (χ0n) is 13.2. The molecule has 1 heterocycles. The van der Waals surface area contributed by atoms with Crippen LogP contribution in [0.4, 0.5) is 0 Å². The van der Waals surface area contributed by atoms with Gasteiger partial charge in [0.05, 0.1) is 12.7 Å². The van der Waals surface area contributed by atoms with Crippen molar-refractivity contribution in [3.05, 3.63) is 0 Å². The Bertz CT molecular complexity index is 282. The van der Waals surface area contributed by atoms with E-state index in [1.54, 1.807) is 0 Å².